The van der Waals surface area contributed by atoms with Crippen LogP contribution in [0.1, 0.15) is 0 Å². The monoisotopic (exact) mass is 624 g/mol. The van der Waals surface area contributed by atoms with Crippen molar-refractivity contribution in [3.05, 3.63) is 72.8 Å². The van der Waals surface area contributed by atoms with Crippen LogP contribution in [0, 0.1) is 0 Å². The van der Waals surface area contributed by atoms with Gasteiger partial charge in [0.05, 0.1) is 0 Å². The Morgan fingerprint density at radius 1 is 0.486 bits per heavy atom. The van der Waals surface area contributed by atoms with Gasteiger partial charge in [-0.25, -0.2) is 0 Å². The molecule has 0 amide bonds. The third kappa shape index (κ3) is 2.89. The average Bonchev–Trinajstić information content (AvgIpc) is 3.46. The summed E-state index contributed by atoms with van der Waals surface area (Å²) in [5.74, 6) is 0. The molecule has 0 aliphatic rings. The molecule has 0 saturated carbocycles. The average molecular weight is 622 g/mol. The fourth-order valence-electron chi connectivity index (χ4n) is 6.93. The molecule has 7 aromatic carbocycles. The van der Waals surface area contributed by atoms with E-state index in [0.29, 0.717) is 0 Å². The number of rotatable bonds is 3. The Morgan fingerprint density at radius 3 is 1.62 bits per heavy atom. The van der Waals surface area contributed by atoms with E-state index in [1.165, 1.54) is 37.9 Å². The summed E-state index contributed by atoms with van der Waals surface area (Å²) < 4.78 is 3.27. The van der Waals surface area contributed by atoms with Crippen molar-refractivity contribution in [2.24, 2.45) is 0 Å². The van der Waals surface area contributed by atoms with Gasteiger partial charge in [0.15, 0.2) is 0 Å². The van der Waals surface area contributed by atoms with Gasteiger partial charge in [0.25, 0.3) is 0 Å². The molecule has 1 heterocycles. The van der Waals surface area contributed by atoms with E-state index in [0.717, 1.165) is 0 Å². The number of hydrogen-bond acceptors (Lipinski definition) is 0. The Kier molecular flexibility index (Phi) is 4.36. The van der Waals surface area contributed by atoms with E-state index in [2.05, 4.69) is 112 Å². The SMILES string of the molecule is C[Si](C)(C)c1cc2c3cc(-c4ccccc4)[te]c3c3cc([Si](C)(C)C)c4ccc5ccc1c1c5c4c3c21. The zero-order chi connectivity index (χ0) is 25.4. The molecule has 0 N–H and O–H groups in total. The van der Waals surface area contributed by atoms with E-state index in [9.17, 15) is 0 Å². The van der Waals surface area contributed by atoms with Gasteiger partial charge in [-0.15, -0.1) is 0 Å². The molecule has 0 saturated heterocycles. The molecule has 3 heteroatoms. The maximum atomic E-state index is 2.66. The van der Waals surface area contributed by atoms with Crippen molar-refractivity contribution in [3.8, 4) is 9.14 Å². The predicted molar refractivity (Wildman–Crippen MR) is 173 cm³/mol. The molecular weight excluding hydrogens is 592 g/mol. The van der Waals surface area contributed by atoms with Crippen LogP contribution in [0.15, 0.2) is 72.8 Å². The number of benzene rings is 6. The second-order valence-corrected chi connectivity index (χ2v) is 26.1. The van der Waals surface area contributed by atoms with Crippen molar-refractivity contribution < 1.29 is 0 Å². The summed E-state index contributed by atoms with van der Waals surface area (Å²) in [6.07, 6.45) is 0. The van der Waals surface area contributed by atoms with E-state index < -0.39 is 36.6 Å². The third-order valence-corrected chi connectivity index (χ3v) is 16.1. The molecule has 0 nitrogen and oxygen atoms in total. The molecule has 0 aliphatic heterocycles. The van der Waals surface area contributed by atoms with Crippen molar-refractivity contribution in [2.75, 3.05) is 0 Å². The first-order chi connectivity index (χ1) is 17.6. The van der Waals surface area contributed by atoms with Crippen molar-refractivity contribution in [3.63, 3.8) is 0 Å². The van der Waals surface area contributed by atoms with Crippen LogP contribution in [0.4, 0.5) is 0 Å². The van der Waals surface area contributed by atoms with Crippen LogP contribution in [-0.2, 0) is 0 Å². The van der Waals surface area contributed by atoms with Crippen LogP contribution in [0.5, 0.6) is 0 Å². The quantitative estimate of drug-likeness (QED) is 0.137. The predicted octanol–water partition coefficient (Wildman–Crippen LogP) is 8.73. The normalized spacial score (nSPS) is 13.7. The van der Waals surface area contributed by atoms with Gasteiger partial charge in [-0.1, -0.05) is 0 Å². The van der Waals surface area contributed by atoms with Crippen LogP contribution < -0.4 is 10.4 Å². The fraction of sp³-hybridized carbons (Fsp3) is 0.176. The van der Waals surface area contributed by atoms with Crippen LogP contribution >= 0.6 is 0 Å². The van der Waals surface area contributed by atoms with Gasteiger partial charge >= 0.3 is 231 Å². The Balaban J connectivity index is 1.72. The van der Waals surface area contributed by atoms with Crippen LogP contribution in [-0.4, -0.2) is 36.6 Å². The van der Waals surface area contributed by atoms with Gasteiger partial charge in [0.2, 0.25) is 0 Å². The molecular formula is C34H30Si2Te. The van der Waals surface area contributed by atoms with E-state index >= 15 is 0 Å². The van der Waals surface area contributed by atoms with E-state index in [-0.39, 0.29) is 0 Å². The molecule has 37 heavy (non-hydrogen) atoms. The van der Waals surface area contributed by atoms with Crippen molar-refractivity contribution in [1.82, 2.24) is 0 Å². The first kappa shape index (κ1) is 22.6. The zero-order valence-electron chi connectivity index (χ0n) is 22.3. The second kappa shape index (κ2) is 7.16. The van der Waals surface area contributed by atoms with Gasteiger partial charge < -0.3 is 0 Å². The van der Waals surface area contributed by atoms with Crippen molar-refractivity contribution in [2.45, 2.75) is 39.3 Å². The van der Waals surface area contributed by atoms with Gasteiger partial charge in [-0.2, -0.15) is 0 Å². The molecule has 0 unspecified atom stereocenters. The zero-order valence-corrected chi connectivity index (χ0v) is 26.7. The Morgan fingerprint density at radius 2 is 1.03 bits per heavy atom. The van der Waals surface area contributed by atoms with Crippen LogP contribution in [0.2, 0.25) is 39.3 Å². The van der Waals surface area contributed by atoms with Crippen molar-refractivity contribution >= 4 is 110 Å². The summed E-state index contributed by atoms with van der Waals surface area (Å²) in [5.41, 5.74) is 1.42. The molecule has 8 aromatic rings. The molecule has 180 valence electrons. The van der Waals surface area contributed by atoms with Crippen molar-refractivity contribution in [1.29, 1.82) is 0 Å². The Hall–Kier alpha value is -2.42. The maximum absolute atomic E-state index is 2.66. The molecule has 1 aromatic heterocycles. The molecule has 0 fully saturated rings. The standard InChI is InChI=1S/C34H30Si2Te/c1-35(2,3)26-16-23-24-18-28(19-10-8-7-9-11-19)37-34(24)25-17-27(36(4,5)6)22-15-13-20-12-14-21(26)30-29(20)31(22)33(25)32(23)30/h7-18H,1-6H3. The van der Waals surface area contributed by atoms with Gasteiger partial charge in [0, 0.05) is 0 Å². The topological polar surface area (TPSA) is 0 Å². The number of fused-ring (bicyclic) bond motifs is 3. The molecule has 0 atom stereocenters. The van der Waals surface area contributed by atoms with E-state index in [1.54, 1.807) is 44.3 Å². The van der Waals surface area contributed by atoms with Gasteiger partial charge in [0.1, 0.15) is 0 Å². The molecule has 0 bridgehead atoms. The molecule has 0 aliphatic carbocycles. The van der Waals surface area contributed by atoms with Crippen LogP contribution in [0.3, 0.4) is 0 Å². The van der Waals surface area contributed by atoms with E-state index in [1.807, 2.05) is 0 Å². The summed E-state index contributed by atoms with van der Waals surface area (Å²) in [6, 6.07) is 28.7. The molecule has 0 radical (unpaired) electrons. The third-order valence-electron chi connectivity index (χ3n) is 8.57. The Labute approximate surface area is 229 Å². The minimum atomic E-state index is -1.57. The Bertz CT molecular complexity index is 2010. The second-order valence-electron chi connectivity index (χ2n) is 13.0. The van der Waals surface area contributed by atoms with Gasteiger partial charge in [-0.05, 0) is 0 Å². The fourth-order valence-corrected chi connectivity index (χ4v) is 13.5. The molecule has 0 spiro atoms. The summed E-state index contributed by atoms with van der Waals surface area (Å²) in [7, 11) is -3.13. The first-order valence-electron chi connectivity index (χ1n) is 13.4. The minimum absolute atomic E-state index is 0.485. The van der Waals surface area contributed by atoms with E-state index in [4.69, 9.17) is 0 Å². The van der Waals surface area contributed by atoms with Gasteiger partial charge in [-0.3, -0.25) is 0 Å². The summed E-state index contributed by atoms with van der Waals surface area (Å²) >= 11 is -0.485. The number of hydrogen-bond donors (Lipinski definition) is 0. The molecule has 8 rings (SSSR count). The first-order valence-corrected chi connectivity index (χ1v) is 22.7. The van der Waals surface area contributed by atoms with Crippen LogP contribution in [0.25, 0.3) is 71.8 Å². The summed E-state index contributed by atoms with van der Waals surface area (Å²) in [6.45, 7) is 15.1. The summed E-state index contributed by atoms with van der Waals surface area (Å²) in [5, 5.41) is 20.1. The summed E-state index contributed by atoms with van der Waals surface area (Å²) in [4.78, 5) is 0.